The number of halogens is 1. The number of fused-ring (bicyclic) bond motifs is 1. The van der Waals surface area contributed by atoms with Crippen LogP contribution in [0.1, 0.15) is 17.0 Å². The van der Waals surface area contributed by atoms with Crippen LogP contribution in [0.4, 0.5) is 0 Å². The number of hydrogen-bond acceptors (Lipinski definition) is 5. The van der Waals surface area contributed by atoms with Crippen LogP contribution in [0.15, 0.2) is 52.6 Å². The van der Waals surface area contributed by atoms with E-state index >= 15 is 0 Å². The van der Waals surface area contributed by atoms with Gasteiger partial charge in [-0.05, 0) is 39.7 Å². The summed E-state index contributed by atoms with van der Waals surface area (Å²) in [6.45, 7) is 0. The molecule has 3 heterocycles. The summed E-state index contributed by atoms with van der Waals surface area (Å²) < 4.78 is 13.7. The summed E-state index contributed by atoms with van der Waals surface area (Å²) in [5, 5.41) is 17.1. The highest BCUT2D eigenvalue weighted by atomic mass is 79.9. The first-order valence-electron chi connectivity index (χ1n) is 8.15. The largest absolute Gasteiger partial charge is 0.496 e. The summed E-state index contributed by atoms with van der Waals surface area (Å²) >= 11 is 3.52. The average Bonchev–Trinajstić information content (AvgIpc) is 3.26. The molecule has 0 fully saturated rings. The number of aromatic amines is 1. The molecule has 0 spiro atoms. The van der Waals surface area contributed by atoms with Gasteiger partial charge in [0.05, 0.1) is 28.8 Å². The highest BCUT2D eigenvalue weighted by Gasteiger charge is 2.36. The summed E-state index contributed by atoms with van der Waals surface area (Å²) in [6, 6.07) is 9.86. The molecule has 1 aromatic carbocycles. The lowest BCUT2D eigenvalue weighted by Gasteiger charge is -2.24. The third kappa shape index (κ3) is 2.76. The number of allylic oxidation sites excluding steroid dienone is 1. The van der Waals surface area contributed by atoms with Gasteiger partial charge in [-0.25, -0.2) is 0 Å². The van der Waals surface area contributed by atoms with E-state index in [0.29, 0.717) is 17.2 Å². The molecule has 136 valence electrons. The van der Waals surface area contributed by atoms with E-state index in [9.17, 15) is 5.26 Å². The van der Waals surface area contributed by atoms with Crippen LogP contribution in [0.25, 0.3) is 11.3 Å². The van der Waals surface area contributed by atoms with Crippen molar-refractivity contribution in [3.8, 4) is 29.0 Å². The van der Waals surface area contributed by atoms with Gasteiger partial charge in [-0.1, -0.05) is 6.07 Å². The second-order valence-electron chi connectivity index (χ2n) is 6.20. The number of nitriles is 1. The first kappa shape index (κ1) is 17.2. The number of ether oxygens (including phenoxy) is 2. The number of nitrogens with zero attached hydrogens (tertiary/aromatic N) is 3. The van der Waals surface area contributed by atoms with Crippen molar-refractivity contribution in [2.45, 2.75) is 5.92 Å². The third-order valence-corrected chi connectivity index (χ3v) is 5.19. The minimum absolute atomic E-state index is 0.0630. The molecule has 1 unspecified atom stereocenters. The molecule has 0 saturated carbocycles. The Morgan fingerprint density at radius 2 is 2.22 bits per heavy atom. The molecule has 1 atom stereocenters. The lowest BCUT2D eigenvalue weighted by Crippen LogP contribution is -2.21. The maximum atomic E-state index is 9.75. The van der Waals surface area contributed by atoms with Crippen LogP contribution in [0.5, 0.6) is 11.6 Å². The first-order chi connectivity index (χ1) is 13.0. The molecule has 7 nitrogen and oxygen atoms in total. The molecular weight excluding hydrogens is 410 g/mol. The minimum Gasteiger partial charge on any atom is -0.496 e. The van der Waals surface area contributed by atoms with Gasteiger partial charge in [0.2, 0.25) is 11.8 Å². The number of hydrogen-bond donors (Lipinski definition) is 2. The SMILES string of the molecule is COc1ccc(C2C(C#N)=C(N)Oc3n[nH]c(-c4ccn(C)c4)c32)cc1Br. The van der Waals surface area contributed by atoms with Crippen LogP contribution in [0, 0.1) is 11.3 Å². The number of rotatable bonds is 3. The Morgan fingerprint density at radius 1 is 1.41 bits per heavy atom. The molecule has 3 N–H and O–H groups in total. The van der Waals surface area contributed by atoms with Crippen molar-refractivity contribution in [3.63, 3.8) is 0 Å². The van der Waals surface area contributed by atoms with Gasteiger partial charge in [0, 0.05) is 25.0 Å². The van der Waals surface area contributed by atoms with E-state index in [1.807, 2.05) is 48.3 Å². The predicted octanol–water partition coefficient (Wildman–Crippen LogP) is 3.40. The Labute approximate surface area is 164 Å². The molecule has 4 rings (SSSR count). The molecule has 0 radical (unpaired) electrons. The summed E-state index contributed by atoms with van der Waals surface area (Å²) in [5.41, 5.74) is 9.77. The molecule has 3 aromatic rings. The van der Waals surface area contributed by atoms with Crippen molar-refractivity contribution in [2.24, 2.45) is 12.8 Å². The number of nitrogens with one attached hydrogen (secondary N) is 1. The zero-order valence-electron chi connectivity index (χ0n) is 14.7. The Bertz CT molecular complexity index is 1110. The van der Waals surface area contributed by atoms with Crippen LogP contribution in [-0.2, 0) is 7.05 Å². The maximum absolute atomic E-state index is 9.75. The van der Waals surface area contributed by atoms with E-state index in [2.05, 4.69) is 32.2 Å². The van der Waals surface area contributed by atoms with Gasteiger partial charge in [0.25, 0.3) is 0 Å². The molecule has 0 aliphatic carbocycles. The predicted molar refractivity (Wildman–Crippen MR) is 103 cm³/mol. The van der Waals surface area contributed by atoms with E-state index in [-0.39, 0.29) is 5.88 Å². The van der Waals surface area contributed by atoms with Gasteiger partial charge in [-0.3, -0.25) is 5.10 Å². The molecule has 27 heavy (non-hydrogen) atoms. The standard InChI is InChI=1S/C19H16BrN5O2/c1-25-6-5-11(9-25)17-16-15(10-3-4-14(26-2)13(20)7-10)12(8-21)18(22)27-19(16)24-23-17/h3-7,9,15H,22H2,1-2H3,(H,23,24). The van der Waals surface area contributed by atoms with Crippen molar-refractivity contribution in [2.75, 3.05) is 7.11 Å². The smallest absolute Gasteiger partial charge is 0.244 e. The van der Waals surface area contributed by atoms with Gasteiger partial charge in [-0.15, -0.1) is 5.10 Å². The topological polar surface area (TPSA) is 102 Å². The van der Waals surface area contributed by atoms with Crippen LogP contribution in [-0.4, -0.2) is 21.9 Å². The van der Waals surface area contributed by atoms with Crippen LogP contribution < -0.4 is 15.2 Å². The van der Waals surface area contributed by atoms with Crippen molar-refractivity contribution in [3.05, 3.63) is 63.7 Å². The fraction of sp³-hybridized carbons (Fsp3) is 0.158. The first-order valence-corrected chi connectivity index (χ1v) is 8.94. The molecule has 0 amide bonds. The Hall–Kier alpha value is -3.18. The molecular formula is C19H16BrN5O2. The van der Waals surface area contributed by atoms with E-state index in [0.717, 1.165) is 26.9 Å². The monoisotopic (exact) mass is 425 g/mol. The number of benzene rings is 1. The second-order valence-corrected chi connectivity index (χ2v) is 7.06. The highest BCUT2D eigenvalue weighted by Crippen LogP contribution is 2.46. The van der Waals surface area contributed by atoms with E-state index < -0.39 is 5.92 Å². The van der Waals surface area contributed by atoms with Crippen LogP contribution in [0.3, 0.4) is 0 Å². The molecule has 1 aliphatic heterocycles. The van der Waals surface area contributed by atoms with Crippen molar-refractivity contribution >= 4 is 15.9 Å². The summed E-state index contributed by atoms with van der Waals surface area (Å²) in [5.74, 6) is 0.738. The van der Waals surface area contributed by atoms with E-state index in [1.165, 1.54) is 0 Å². The molecule has 1 aliphatic rings. The maximum Gasteiger partial charge on any atom is 0.244 e. The van der Waals surface area contributed by atoms with Crippen LogP contribution >= 0.6 is 15.9 Å². The second kappa shape index (κ2) is 6.52. The zero-order valence-corrected chi connectivity index (χ0v) is 16.2. The van der Waals surface area contributed by atoms with E-state index in [1.54, 1.807) is 7.11 Å². The van der Waals surface area contributed by atoms with Gasteiger partial charge in [0.1, 0.15) is 17.4 Å². The van der Waals surface area contributed by atoms with Crippen molar-refractivity contribution < 1.29 is 9.47 Å². The van der Waals surface area contributed by atoms with Gasteiger partial charge >= 0.3 is 0 Å². The number of H-pyrrole nitrogens is 1. The Kier molecular flexibility index (Phi) is 4.16. The quantitative estimate of drug-likeness (QED) is 0.669. The number of nitrogens with two attached hydrogens (primary N) is 1. The minimum atomic E-state index is -0.407. The molecule has 2 aromatic heterocycles. The van der Waals surface area contributed by atoms with Gasteiger partial charge in [-0.2, -0.15) is 5.26 Å². The summed E-state index contributed by atoms with van der Waals surface area (Å²) in [7, 11) is 3.55. The number of methoxy groups -OCH3 is 1. The van der Waals surface area contributed by atoms with Gasteiger partial charge in [0.15, 0.2) is 0 Å². The normalized spacial score (nSPS) is 15.9. The number of aryl methyl sites for hydroxylation is 1. The fourth-order valence-electron chi connectivity index (χ4n) is 3.31. The van der Waals surface area contributed by atoms with E-state index in [4.69, 9.17) is 15.2 Å². The van der Waals surface area contributed by atoms with Crippen LogP contribution in [0.2, 0.25) is 0 Å². The Balaban J connectivity index is 1.94. The average molecular weight is 426 g/mol. The highest BCUT2D eigenvalue weighted by molar-refractivity contribution is 9.10. The molecule has 0 bridgehead atoms. The van der Waals surface area contributed by atoms with Gasteiger partial charge < -0.3 is 19.8 Å². The fourth-order valence-corrected chi connectivity index (χ4v) is 3.87. The van der Waals surface area contributed by atoms with Crippen molar-refractivity contribution in [1.29, 1.82) is 5.26 Å². The third-order valence-electron chi connectivity index (χ3n) is 4.57. The van der Waals surface area contributed by atoms with Crippen molar-refractivity contribution in [1.82, 2.24) is 14.8 Å². The Morgan fingerprint density at radius 3 is 2.85 bits per heavy atom. The zero-order chi connectivity index (χ0) is 19.1. The summed E-state index contributed by atoms with van der Waals surface area (Å²) in [4.78, 5) is 0. The molecule has 0 saturated heterocycles. The lowest BCUT2D eigenvalue weighted by atomic mass is 9.83. The summed E-state index contributed by atoms with van der Waals surface area (Å²) in [6.07, 6.45) is 3.92. The molecule has 8 heteroatoms. The lowest BCUT2D eigenvalue weighted by molar-refractivity contribution is 0.379. The number of aromatic nitrogens is 3.